The lowest BCUT2D eigenvalue weighted by molar-refractivity contribution is -0.148. The number of carbonyl (C=O) groups is 3. The van der Waals surface area contributed by atoms with Gasteiger partial charge in [-0.3, -0.25) is 9.59 Å². The molecule has 0 aliphatic heterocycles. The molecule has 1 unspecified atom stereocenters. The summed E-state index contributed by atoms with van der Waals surface area (Å²) in [6.07, 6.45) is 41.3. The van der Waals surface area contributed by atoms with Gasteiger partial charge in [-0.2, -0.15) is 0 Å². The van der Waals surface area contributed by atoms with E-state index < -0.39 is 12.0 Å². The quantitative estimate of drug-likeness (QED) is 0.0496. The lowest BCUT2D eigenvalue weighted by atomic mass is 10.0. The lowest BCUT2D eigenvalue weighted by Gasteiger charge is -2.18. The smallest absolute Gasteiger partial charge is 0.330 e. The van der Waals surface area contributed by atoms with Crippen molar-refractivity contribution in [2.45, 2.75) is 245 Å². The fourth-order valence-corrected chi connectivity index (χ4v) is 6.50. The van der Waals surface area contributed by atoms with Gasteiger partial charge in [-0.05, 0) is 19.3 Å². The molecule has 0 bridgehead atoms. The molecule has 0 spiro atoms. The van der Waals surface area contributed by atoms with Crippen LogP contribution in [-0.2, 0) is 19.1 Å². The van der Waals surface area contributed by atoms with Gasteiger partial charge in [0.25, 0.3) is 0 Å². The molecule has 0 aromatic rings. The van der Waals surface area contributed by atoms with E-state index >= 15 is 0 Å². The van der Waals surface area contributed by atoms with E-state index in [1.165, 1.54) is 161 Å². The van der Waals surface area contributed by atoms with Crippen LogP contribution in [0.5, 0.6) is 0 Å². The van der Waals surface area contributed by atoms with Gasteiger partial charge in [-0.1, -0.05) is 207 Å². The van der Waals surface area contributed by atoms with Crippen molar-refractivity contribution in [2.24, 2.45) is 0 Å². The van der Waals surface area contributed by atoms with Crippen LogP contribution in [0.3, 0.4) is 0 Å². The third-order valence-electron chi connectivity index (χ3n) is 9.88. The van der Waals surface area contributed by atoms with Crippen molar-refractivity contribution in [1.29, 1.82) is 0 Å². The van der Waals surface area contributed by atoms with Crippen molar-refractivity contribution in [3.05, 3.63) is 0 Å². The van der Waals surface area contributed by atoms with Crippen LogP contribution in [0.1, 0.15) is 239 Å². The molecule has 6 nitrogen and oxygen atoms in total. The molecule has 0 aliphatic carbocycles. The van der Waals surface area contributed by atoms with E-state index in [9.17, 15) is 14.4 Å². The molecule has 0 aromatic heterocycles. The van der Waals surface area contributed by atoms with Crippen molar-refractivity contribution in [1.82, 2.24) is 10.6 Å². The first-order valence-electron chi connectivity index (χ1n) is 21.8. The van der Waals surface area contributed by atoms with Gasteiger partial charge in [-0.15, -0.1) is 0 Å². The summed E-state index contributed by atoms with van der Waals surface area (Å²) < 4.78 is 5.39. The van der Waals surface area contributed by atoms with Crippen LogP contribution >= 0.6 is 0 Å². The molecule has 1 atom stereocenters. The Labute approximate surface area is 305 Å². The Kier molecular flexibility index (Phi) is 37.9. The van der Waals surface area contributed by atoms with Gasteiger partial charge >= 0.3 is 5.97 Å². The maximum absolute atomic E-state index is 12.7. The summed E-state index contributed by atoms with van der Waals surface area (Å²) in [6.45, 7) is 7.02. The number of amides is 2. The van der Waals surface area contributed by atoms with E-state index in [4.69, 9.17) is 4.74 Å². The Hall–Kier alpha value is -1.59. The maximum atomic E-state index is 12.7. The van der Waals surface area contributed by atoms with Crippen molar-refractivity contribution < 1.29 is 19.1 Å². The third kappa shape index (κ3) is 36.0. The van der Waals surface area contributed by atoms with Crippen LogP contribution in [-0.4, -0.2) is 37.0 Å². The SMILES string of the molecule is CCCCCCCCCCCCCCCCCC(=O)NCC(NC(=O)CCCCCCCCCCCCCCCCC)C(=O)OCCCC. The highest BCUT2D eigenvalue weighted by atomic mass is 16.5. The summed E-state index contributed by atoms with van der Waals surface area (Å²) in [6, 6.07) is -0.828. The first-order valence-corrected chi connectivity index (χ1v) is 21.8. The van der Waals surface area contributed by atoms with E-state index in [1.54, 1.807) is 0 Å². The normalized spacial score (nSPS) is 11.8. The molecule has 290 valence electrons. The van der Waals surface area contributed by atoms with Gasteiger partial charge in [0.15, 0.2) is 0 Å². The molecule has 0 aliphatic rings. The summed E-state index contributed by atoms with van der Waals surface area (Å²) in [4.78, 5) is 37.9. The fourth-order valence-electron chi connectivity index (χ4n) is 6.50. The predicted octanol–water partition coefficient (Wildman–Crippen LogP) is 12.5. The molecule has 0 rings (SSSR count). The Morgan fingerprint density at radius 2 is 0.714 bits per heavy atom. The number of rotatable bonds is 39. The second-order valence-corrected chi connectivity index (χ2v) is 14.8. The van der Waals surface area contributed by atoms with E-state index in [-0.39, 0.29) is 18.4 Å². The molecule has 0 saturated heterocycles. The summed E-state index contributed by atoms with van der Waals surface area (Å²) in [5.41, 5.74) is 0. The van der Waals surface area contributed by atoms with E-state index in [0.29, 0.717) is 19.4 Å². The van der Waals surface area contributed by atoms with Crippen molar-refractivity contribution in [3.63, 3.8) is 0 Å². The zero-order valence-corrected chi connectivity index (χ0v) is 33.2. The highest BCUT2D eigenvalue weighted by molar-refractivity contribution is 5.85. The van der Waals surface area contributed by atoms with Crippen molar-refractivity contribution >= 4 is 17.8 Å². The maximum Gasteiger partial charge on any atom is 0.330 e. The molecule has 0 aromatic carbocycles. The highest BCUT2D eigenvalue weighted by Crippen LogP contribution is 2.15. The van der Waals surface area contributed by atoms with Gasteiger partial charge in [0.05, 0.1) is 6.61 Å². The monoisotopic (exact) mass is 693 g/mol. The van der Waals surface area contributed by atoms with Crippen LogP contribution in [0.4, 0.5) is 0 Å². The Morgan fingerprint density at radius 3 is 1.06 bits per heavy atom. The minimum absolute atomic E-state index is 0.0577. The molecule has 49 heavy (non-hydrogen) atoms. The highest BCUT2D eigenvalue weighted by Gasteiger charge is 2.23. The van der Waals surface area contributed by atoms with Gasteiger partial charge in [-0.25, -0.2) is 4.79 Å². The molecule has 0 radical (unpaired) electrons. The molecule has 0 fully saturated rings. The van der Waals surface area contributed by atoms with Crippen molar-refractivity contribution in [3.8, 4) is 0 Å². The van der Waals surface area contributed by atoms with E-state index in [1.807, 2.05) is 6.92 Å². The number of unbranched alkanes of at least 4 members (excludes halogenated alkanes) is 29. The zero-order valence-electron chi connectivity index (χ0n) is 33.2. The molecule has 0 heterocycles. The number of hydrogen-bond acceptors (Lipinski definition) is 4. The zero-order chi connectivity index (χ0) is 35.9. The largest absolute Gasteiger partial charge is 0.464 e. The molecule has 2 amide bonds. The van der Waals surface area contributed by atoms with Gasteiger partial charge in [0, 0.05) is 19.4 Å². The van der Waals surface area contributed by atoms with E-state index in [2.05, 4.69) is 24.5 Å². The summed E-state index contributed by atoms with van der Waals surface area (Å²) in [5, 5.41) is 5.72. The second-order valence-electron chi connectivity index (χ2n) is 14.8. The van der Waals surface area contributed by atoms with Crippen molar-refractivity contribution in [2.75, 3.05) is 13.2 Å². The second kappa shape index (κ2) is 39.2. The van der Waals surface area contributed by atoms with E-state index in [0.717, 1.165) is 44.9 Å². The molecular weight excluding hydrogens is 608 g/mol. The molecule has 6 heteroatoms. The molecule has 2 N–H and O–H groups in total. The summed E-state index contributed by atoms with van der Waals surface area (Å²) in [5.74, 6) is -0.646. The molecular formula is C43H84N2O4. The van der Waals surface area contributed by atoms with Gasteiger partial charge in [0.2, 0.25) is 11.8 Å². The Bertz CT molecular complexity index is 729. The van der Waals surface area contributed by atoms with Crippen LogP contribution in [0.25, 0.3) is 0 Å². The topological polar surface area (TPSA) is 84.5 Å². The van der Waals surface area contributed by atoms with Gasteiger partial charge < -0.3 is 15.4 Å². The number of hydrogen-bond donors (Lipinski definition) is 2. The minimum Gasteiger partial charge on any atom is -0.464 e. The Balaban J connectivity index is 3.97. The predicted molar refractivity (Wildman–Crippen MR) is 210 cm³/mol. The van der Waals surface area contributed by atoms with Crippen LogP contribution < -0.4 is 10.6 Å². The van der Waals surface area contributed by atoms with Crippen LogP contribution in [0.2, 0.25) is 0 Å². The fraction of sp³-hybridized carbons (Fsp3) is 0.930. The summed E-state index contributed by atoms with van der Waals surface area (Å²) in [7, 11) is 0. The third-order valence-corrected chi connectivity index (χ3v) is 9.88. The Morgan fingerprint density at radius 1 is 0.408 bits per heavy atom. The first kappa shape index (κ1) is 47.4. The first-order chi connectivity index (χ1) is 24.0. The summed E-state index contributed by atoms with van der Waals surface area (Å²) >= 11 is 0. The minimum atomic E-state index is -0.828. The van der Waals surface area contributed by atoms with Crippen LogP contribution in [0.15, 0.2) is 0 Å². The number of ether oxygens (including phenoxy) is 1. The average molecular weight is 693 g/mol. The van der Waals surface area contributed by atoms with Gasteiger partial charge in [0.1, 0.15) is 6.04 Å². The number of nitrogens with one attached hydrogen (secondary N) is 2. The number of esters is 1. The standard InChI is InChI=1S/C43H84N2O4/c1-4-7-10-12-14-16-18-20-22-24-26-28-30-32-34-36-41(46)44-39-40(43(48)49-38-9-6-3)45-42(47)37-35-33-31-29-27-25-23-21-19-17-15-13-11-8-5-2/h40H,4-39H2,1-3H3,(H,44,46)(H,45,47). The molecule has 0 saturated carbocycles. The number of carbonyl (C=O) groups excluding carboxylic acids is 3. The lowest BCUT2D eigenvalue weighted by Crippen LogP contribution is -2.49. The van der Waals surface area contributed by atoms with Crippen LogP contribution in [0, 0.1) is 0 Å². The average Bonchev–Trinajstić information content (AvgIpc) is 3.10.